The molecule has 2 heterocycles. The summed E-state index contributed by atoms with van der Waals surface area (Å²) in [5, 5.41) is 20.9. The molecule has 1 aromatic carbocycles. The predicted molar refractivity (Wildman–Crippen MR) is 100 cm³/mol. The van der Waals surface area contributed by atoms with Crippen molar-refractivity contribution in [3.63, 3.8) is 0 Å². The zero-order valence-electron chi connectivity index (χ0n) is 14.5. The molecule has 1 aliphatic carbocycles. The number of nitrogens with zero attached hydrogens (tertiary/aromatic N) is 3. The Morgan fingerprint density at radius 2 is 2.04 bits per heavy atom. The topological polar surface area (TPSA) is 58.9 Å². The molecule has 140 valence electrons. The number of aromatic nitrogens is 3. The SMILES string of the molecule is Oc1cc(Cl)ccc1-c1nnc(CC[C@H]2CCC(F)(F)C2)c2cnccc12. The standard InChI is InChI=1S/C20H18ClF2N3O/c21-13-2-3-15(18(27)9-13)19-14-6-8-24-11-16(14)17(25-26-19)4-1-12-5-7-20(22,23)10-12/h2-3,6,8-9,11-12,27H,1,4-5,7,10H2/t12-/m0/s1. The molecular weight excluding hydrogens is 372 g/mol. The van der Waals surface area contributed by atoms with Crippen LogP contribution in [0.1, 0.15) is 31.4 Å². The van der Waals surface area contributed by atoms with Gasteiger partial charge in [0, 0.05) is 46.6 Å². The Kier molecular flexibility index (Phi) is 4.68. The number of hydrogen-bond acceptors (Lipinski definition) is 4. The number of phenolic OH excluding ortho intramolecular Hbond substituents is 1. The van der Waals surface area contributed by atoms with Gasteiger partial charge in [0.15, 0.2) is 0 Å². The van der Waals surface area contributed by atoms with Gasteiger partial charge < -0.3 is 5.11 Å². The minimum absolute atomic E-state index is 0.00788. The van der Waals surface area contributed by atoms with E-state index in [9.17, 15) is 13.9 Å². The van der Waals surface area contributed by atoms with Crippen molar-refractivity contribution < 1.29 is 13.9 Å². The summed E-state index contributed by atoms with van der Waals surface area (Å²) in [4.78, 5) is 4.18. The van der Waals surface area contributed by atoms with Crippen LogP contribution in [-0.2, 0) is 6.42 Å². The van der Waals surface area contributed by atoms with Gasteiger partial charge in [0.25, 0.3) is 0 Å². The Morgan fingerprint density at radius 3 is 2.78 bits per heavy atom. The third-order valence-electron chi connectivity index (χ3n) is 5.17. The maximum absolute atomic E-state index is 13.4. The summed E-state index contributed by atoms with van der Waals surface area (Å²) >= 11 is 5.91. The summed E-state index contributed by atoms with van der Waals surface area (Å²) in [7, 11) is 0. The Bertz CT molecular complexity index is 996. The lowest BCUT2D eigenvalue weighted by atomic mass is 9.97. The fourth-order valence-electron chi connectivity index (χ4n) is 3.77. The number of halogens is 3. The highest BCUT2D eigenvalue weighted by molar-refractivity contribution is 6.30. The van der Waals surface area contributed by atoms with Crippen molar-refractivity contribution in [1.29, 1.82) is 0 Å². The van der Waals surface area contributed by atoms with Gasteiger partial charge >= 0.3 is 0 Å². The number of benzene rings is 1. The van der Waals surface area contributed by atoms with Crippen LogP contribution in [0, 0.1) is 5.92 Å². The lowest BCUT2D eigenvalue weighted by molar-refractivity contribution is 0.00472. The fourth-order valence-corrected chi connectivity index (χ4v) is 3.93. The molecule has 1 aliphatic rings. The summed E-state index contributed by atoms with van der Waals surface area (Å²) in [5.41, 5.74) is 1.81. The normalized spacial score (nSPS) is 18.9. The van der Waals surface area contributed by atoms with Crippen LogP contribution in [0.15, 0.2) is 36.7 Å². The maximum Gasteiger partial charge on any atom is 0.248 e. The smallest absolute Gasteiger partial charge is 0.248 e. The number of pyridine rings is 1. The van der Waals surface area contributed by atoms with Gasteiger partial charge in [0.05, 0.1) is 5.69 Å². The second-order valence-corrected chi connectivity index (χ2v) is 7.52. The molecule has 1 fully saturated rings. The van der Waals surface area contributed by atoms with E-state index in [-0.39, 0.29) is 24.5 Å². The summed E-state index contributed by atoms with van der Waals surface area (Å²) in [6.07, 6.45) is 5.06. The van der Waals surface area contributed by atoms with Crippen molar-refractivity contribution in [2.75, 3.05) is 0 Å². The van der Waals surface area contributed by atoms with E-state index in [4.69, 9.17) is 11.6 Å². The first kappa shape index (κ1) is 18.0. The summed E-state index contributed by atoms with van der Waals surface area (Å²) in [6.45, 7) is 0. The van der Waals surface area contributed by atoms with E-state index in [1.54, 1.807) is 24.5 Å². The molecule has 4 rings (SSSR count). The molecule has 4 nitrogen and oxygen atoms in total. The number of aryl methyl sites for hydroxylation is 1. The molecule has 0 bridgehead atoms. The highest BCUT2D eigenvalue weighted by atomic mass is 35.5. The first-order valence-electron chi connectivity index (χ1n) is 8.89. The van der Waals surface area contributed by atoms with Crippen molar-refractivity contribution in [2.24, 2.45) is 5.92 Å². The highest BCUT2D eigenvalue weighted by Gasteiger charge is 2.39. The Labute approximate surface area is 160 Å². The molecular formula is C20H18ClF2N3O. The van der Waals surface area contributed by atoms with Crippen LogP contribution in [0.25, 0.3) is 22.0 Å². The monoisotopic (exact) mass is 389 g/mol. The van der Waals surface area contributed by atoms with Gasteiger partial charge in [-0.3, -0.25) is 4.98 Å². The Hall–Kier alpha value is -2.34. The molecule has 1 N–H and O–H groups in total. The Morgan fingerprint density at radius 1 is 1.19 bits per heavy atom. The van der Waals surface area contributed by atoms with Crippen molar-refractivity contribution in [3.05, 3.63) is 47.4 Å². The molecule has 0 saturated heterocycles. The third-order valence-corrected chi connectivity index (χ3v) is 5.40. The molecule has 27 heavy (non-hydrogen) atoms. The molecule has 0 radical (unpaired) electrons. The average molecular weight is 390 g/mol. The van der Waals surface area contributed by atoms with E-state index < -0.39 is 5.92 Å². The number of hydrogen-bond donors (Lipinski definition) is 1. The summed E-state index contributed by atoms with van der Waals surface area (Å²) in [6, 6.07) is 6.65. The van der Waals surface area contributed by atoms with Crippen LogP contribution in [0.5, 0.6) is 5.75 Å². The molecule has 7 heteroatoms. The highest BCUT2D eigenvalue weighted by Crippen LogP contribution is 2.41. The zero-order chi connectivity index (χ0) is 19.0. The van der Waals surface area contributed by atoms with Gasteiger partial charge in [-0.1, -0.05) is 11.6 Å². The Balaban J connectivity index is 1.66. The zero-order valence-corrected chi connectivity index (χ0v) is 15.3. The second kappa shape index (κ2) is 7.00. The number of rotatable bonds is 4. The van der Waals surface area contributed by atoms with Gasteiger partial charge in [-0.05, 0) is 49.4 Å². The number of phenols is 1. The van der Waals surface area contributed by atoms with Crippen LogP contribution in [0.2, 0.25) is 5.02 Å². The largest absolute Gasteiger partial charge is 0.507 e. The minimum atomic E-state index is -2.53. The van der Waals surface area contributed by atoms with E-state index in [0.717, 1.165) is 16.5 Å². The van der Waals surface area contributed by atoms with Gasteiger partial charge in [0.2, 0.25) is 5.92 Å². The summed E-state index contributed by atoms with van der Waals surface area (Å²) < 4.78 is 26.8. The van der Waals surface area contributed by atoms with Crippen LogP contribution in [-0.4, -0.2) is 26.2 Å². The van der Waals surface area contributed by atoms with Crippen LogP contribution < -0.4 is 0 Å². The lowest BCUT2D eigenvalue weighted by Crippen LogP contribution is -2.10. The van der Waals surface area contributed by atoms with Crippen LogP contribution in [0.4, 0.5) is 8.78 Å². The van der Waals surface area contributed by atoms with Crippen LogP contribution >= 0.6 is 11.6 Å². The average Bonchev–Trinajstić information content (AvgIpc) is 2.99. The number of aromatic hydroxyl groups is 1. The van der Waals surface area contributed by atoms with Crippen molar-refractivity contribution in [1.82, 2.24) is 15.2 Å². The molecule has 2 aromatic heterocycles. The van der Waals surface area contributed by atoms with E-state index in [0.29, 0.717) is 35.5 Å². The first-order chi connectivity index (χ1) is 12.9. The van der Waals surface area contributed by atoms with Crippen molar-refractivity contribution in [3.8, 4) is 17.0 Å². The molecule has 0 spiro atoms. The van der Waals surface area contributed by atoms with Crippen LogP contribution in [0.3, 0.4) is 0 Å². The first-order valence-corrected chi connectivity index (χ1v) is 9.27. The fraction of sp³-hybridized carbons (Fsp3) is 0.350. The third kappa shape index (κ3) is 3.72. The molecule has 0 unspecified atom stereocenters. The predicted octanol–water partition coefficient (Wildman–Crippen LogP) is 5.42. The maximum atomic E-state index is 13.4. The molecule has 1 saturated carbocycles. The second-order valence-electron chi connectivity index (χ2n) is 7.08. The van der Waals surface area contributed by atoms with Gasteiger partial charge in [-0.15, -0.1) is 5.10 Å². The summed E-state index contributed by atoms with van der Waals surface area (Å²) in [5.74, 6) is -2.50. The quantitative estimate of drug-likeness (QED) is 0.647. The molecule has 3 aromatic rings. The van der Waals surface area contributed by atoms with E-state index in [1.165, 1.54) is 6.07 Å². The number of fused-ring (bicyclic) bond motifs is 1. The molecule has 0 aliphatic heterocycles. The molecule has 1 atom stereocenters. The van der Waals surface area contributed by atoms with Crippen molar-refractivity contribution >= 4 is 22.4 Å². The van der Waals surface area contributed by atoms with Gasteiger partial charge in [-0.2, -0.15) is 5.10 Å². The van der Waals surface area contributed by atoms with Crippen molar-refractivity contribution in [2.45, 2.75) is 38.0 Å². The van der Waals surface area contributed by atoms with Gasteiger partial charge in [-0.25, -0.2) is 8.78 Å². The van der Waals surface area contributed by atoms with E-state index >= 15 is 0 Å². The van der Waals surface area contributed by atoms with Gasteiger partial charge in [0.1, 0.15) is 11.4 Å². The molecule has 0 amide bonds. The lowest BCUT2D eigenvalue weighted by Gasteiger charge is -2.13. The van der Waals surface area contributed by atoms with E-state index in [2.05, 4.69) is 15.2 Å². The minimum Gasteiger partial charge on any atom is -0.507 e. The van der Waals surface area contributed by atoms with E-state index in [1.807, 2.05) is 6.07 Å². The number of alkyl halides is 2.